The van der Waals surface area contributed by atoms with Crippen LogP contribution in [0.1, 0.15) is 59.7 Å². The summed E-state index contributed by atoms with van der Waals surface area (Å²) >= 11 is 0. The molecule has 0 saturated carbocycles. The fourth-order valence-electron chi connectivity index (χ4n) is 3.97. The van der Waals surface area contributed by atoms with E-state index in [1.54, 1.807) is 81.4 Å². The maximum Gasteiger partial charge on any atom is 0.435 e. The molecule has 1 aromatic heterocycles. The summed E-state index contributed by atoms with van der Waals surface area (Å²) in [6, 6.07) is 22.2. The monoisotopic (exact) mass is 566 g/mol. The third-order valence-corrected chi connectivity index (χ3v) is 5.80. The number of nitrogens with zero attached hydrogens (tertiary/aromatic N) is 2. The largest absolute Gasteiger partial charge is 0.444 e. The van der Waals surface area contributed by atoms with Crippen LogP contribution in [0.15, 0.2) is 84.9 Å². The second-order valence-corrected chi connectivity index (χ2v) is 10.2. The SMILES string of the molecule is CC(C)(C)OC(=O)NCc1cccc(-n2nc(C(F)(F)F)cc2C(=O)Nc2cccc([C@@H](O)c3ccccc3)c2)c1. The van der Waals surface area contributed by atoms with E-state index in [2.05, 4.69) is 15.7 Å². The first-order chi connectivity index (χ1) is 19.3. The normalized spacial score (nSPS) is 12.5. The number of hydrogen-bond acceptors (Lipinski definition) is 5. The highest BCUT2D eigenvalue weighted by Crippen LogP contribution is 2.30. The van der Waals surface area contributed by atoms with Crippen LogP contribution in [0.3, 0.4) is 0 Å². The summed E-state index contributed by atoms with van der Waals surface area (Å²) in [6.45, 7) is 5.19. The Labute approximate surface area is 234 Å². The minimum absolute atomic E-state index is 0.0359. The number of hydrogen-bond donors (Lipinski definition) is 3. The van der Waals surface area contributed by atoms with E-state index in [1.807, 2.05) is 6.07 Å². The molecule has 1 atom stereocenters. The Bertz CT molecular complexity index is 1530. The van der Waals surface area contributed by atoms with Crippen molar-refractivity contribution in [3.63, 3.8) is 0 Å². The highest BCUT2D eigenvalue weighted by atomic mass is 19.4. The van der Waals surface area contributed by atoms with Crippen molar-refractivity contribution in [3.05, 3.63) is 113 Å². The van der Waals surface area contributed by atoms with E-state index in [1.165, 1.54) is 12.1 Å². The first kappa shape index (κ1) is 29.3. The van der Waals surface area contributed by atoms with Crippen molar-refractivity contribution in [2.24, 2.45) is 0 Å². The molecule has 8 nitrogen and oxygen atoms in total. The van der Waals surface area contributed by atoms with E-state index < -0.39 is 35.6 Å². The van der Waals surface area contributed by atoms with Crippen molar-refractivity contribution >= 4 is 17.7 Å². The number of carbonyl (C=O) groups is 2. The van der Waals surface area contributed by atoms with Gasteiger partial charge in [-0.3, -0.25) is 4.79 Å². The van der Waals surface area contributed by atoms with Crippen LogP contribution in [0.5, 0.6) is 0 Å². The summed E-state index contributed by atoms with van der Waals surface area (Å²) in [5.41, 5.74) is -0.158. The zero-order valence-electron chi connectivity index (χ0n) is 22.6. The van der Waals surface area contributed by atoms with Gasteiger partial charge in [-0.2, -0.15) is 18.3 Å². The molecule has 0 unspecified atom stereocenters. The van der Waals surface area contributed by atoms with Gasteiger partial charge in [0, 0.05) is 18.3 Å². The van der Waals surface area contributed by atoms with E-state index in [9.17, 15) is 27.9 Å². The number of alkyl halides is 3. The number of halogens is 3. The average Bonchev–Trinajstić information content (AvgIpc) is 3.38. The van der Waals surface area contributed by atoms with Gasteiger partial charge in [0.1, 0.15) is 17.4 Å². The smallest absolute Gasteiger partial charge is 0.435 e. The van der Waals surface area contributed by atoms with Crippen molar-refractivity contribution in [1.82, 2.24) is 15.1 Å². The number of alkyl carbamates (subject to hydrolysis) is 1. The highest BCUT2D eigenvalue weighted by Gasteiger charge is 2.36. The number of benzene rings is 3. The predicted octanol–water partition coefficient (Wildman–Crippen LogP) is 6.25. The van der Waals surface area contributed by atoms with Gasteiger partial charge in [0.25, 0.3) is 5.91 Å². The molecule has 4 aromatic rings. The quantitative estimate of drug-likeness (QED) is 0.245. The van der Waals surface area contributed by atoms with Crippen molar-refractivity contribution < 1.29 is 32.6 Å². The minimum atomic E-state index is -4.80. The summed E-state index contributed by atoms with van der Waals surface area (Å²) in [5.74, 6) is -0.836. The van der Waals surface area contributed by atoms with Crippen LogP contribution < -0.4 is 10.6 Å². The molecule has 214 valence electrons. The van der Waals surface area contributed by atoms with E-state index in [-0.39, 0.29) is 23.6 Å². The Kier molecular flexibility index (Phi) is 8.48. The topological polar surface area (TPSA) is 105 Å². The van der Waals surface area contributed by atoms with Gasteiger partial charge in [-0.25, -0.2) is 9.48 Å². The number of aliphatic hydroxyl groups is 1. The molecule has 0 aliphatic heterocycles. The molecule has 0 fully saturated rings. The Balaban J connectivity index is 1.59. The molecule has 0 aliphatic rings. The van der Waals surface area contributed by atoms with Crippen LogP contribution >= 0.6 is 0 Å². The van der Waals surface area contributed by atoms with Crippen LogP contribution in [0.4, 0.5) is 23.7 Å². The first-order valence-electron chi connectivity index (χ1n) is 12.7. The van der Waals surface area contributed by atoms with Gasteiger partial charge in [-0.15, -0.1) is 0 Å². The molecule has 1 heterocycles. The molecule has 0 radical (unpaired) electrons. The van der Waals surface area contributed by atoms with Gasteiger partial charge in [0.05, 0.1) is 5.69 Å². The van der Waals surface area contributed by atoms with E-state index in [0.717, 1.165) is 4.68 Å². The number of nitrogens with one attached hydrogen (secondary N) is 2. The summed E-state index contributed by atoms with van der Waals surface area (Å²) in [7, 11) is 0. The first-order valence-corrected chi connectivity index (χ1v) is 12.7. The molecule has 0 bridgehead atoms. The lowest BCUT2D eigenvalue weighted by Crippen LogP contribution is -2.32. The van der Waals surface area contributed by atoms with E-state index >= 15 is 0 Å². The number of anilines is 1. The summed E-state index contributed by atoms with van der Waals surface area (Å²) < 4.78 is 47.0. The van der Waals surface area contributed by atoms with Crippen LogP contribution in [0, 0.1) is 0 Å². The number of ether oxygens (including phenoxy) is 1. The third-order valence-electron chi connectivity index (χ3n) is 5.80. The number of carbonyl (C=O) groups excluding carboxylic acids is 2. The average molecular weight is 567 g/mol. The summed E-state index contributed by atoms with van der Waals surface area (Å²) in [6.07, 6.45) is -6.41. The summed E-state index contributed by atoms with van der Waals surface area (Å²) in [5, 5.41) is 19.6. The van der Waals surface area contributed by atoms with Gasteiger partial charge in [0.2, 0.25) is 0 Å². The van der Waals surface area contributed by atoms with Gasteiger partial charge < -0.3 is 20.5 Å². The second kappa shape index (κ2) is 11.8. The van der Waals surface area contributed by atoms with Crippen LogP contribution in [0.25, 0.3) is 5.69 Å². The molecule has 3 N–H and O–H groups in total. The predicted molar refractivity (Wildman–Crippen MR) is 147 cm³/mol. The Morgan fingerprint density at radius 2 is 1.61 bits per heavy atom. The number of aromatic nitrogens is 2. The zero-order valence-corrected chi connectivity index (χ0v) is 22.6. The molecule has 2 amide bonds. The molecule has 11 heteroatoms. The number of rotatable bonds is 7. The van der Waals surface area contributed by atoms with Crippen LogP contribution in [0.2, 0.25) is 0 Å². The van der Waals surface area contributed by atoms with E-state index in [0.29, 0.717) is 22.8 Å². The lowest BCUT2D eigenvalue weighted by atomic mass is 10.0. The molecular formula is C30H29F3N4O4. The fourth-order valence-corrected chi connectivity index (χ4v) is 3.97. The Morgan fingerprint density at radius 3 is 2.29 bits per heavy atom. The Morgan fingerprint density at radius 1 is 0.927 bits per heavy atom. The van der Waals surface area contributed by atoms with Gasteiger partial charge in [-0.1, -0.05) is 54.6 Å². The molecule has 0 saturated heterocycles. The minimum Gasteiger partial charge on any atom is -0.444 e. The zero-order chi connectivity index (χ0) is 29.8. The highest BCUT2D eigenvalue weighted by molar-refractivity contribution is 6.03. The lowest BCUT2D eigenvalue weighted by molar-refractivity contribution is -0.141. The number of aliphatic hydroxyl groups excluding tert-OH is 1. The van der Waals surface area contributed by atoms with Gasteiger partial charge >= 0.3 is 12.3 Å². The van der Waals surface area contributed by atoms with Crippen LogP contribution in [-0.2, 0) is 17.5 Å². The third kappa shape index (κ3) is 7.73. The van der Waals surface area contributed by atoms with Gasteiger partial charge in [-0.05, 0) is 61.7 Å². The maximum atomic E-state index is 13.6. The van der Waals surface area contributed by atoms with Crippen molar-refractivity contribution in [2.45, 2.75) is 45.2 Å². The molecular weight excluding hydrogens is 537 g/mol. The number of amides is 2. The van der Waals surface area contributed by atoms with Crippen molar-refractivity contribution in [1.29, 1.82) is 0 Å². The lowest BCUT2D eigenvalue weighted by Gasteiger charge is -2.19. The van der Waals surface area contributed by atoms with Crippen molar-refractivity contribution in [3.8, 4) is 5.69 Å². The molecule has 4 rings (SSSR count). The molecule has 41 heavy (non-hydrogen) atoms. The maximum absolute atomic E-state index is 13.6. The summed E-state index contributed by atoms with van der Waals surface area (Å²) in [4.78, 5) is 25.3. The molecule has 0 aliphatic carbocycles. The van der Waals surface area contributed by atoms with Crippen LogP contribution in [-0.4, -0.2) is 32.5 Å². The van der Waals surface area contributed by atoms with E-state index in [4.69, 9.17) is 4.74 Å². The Hall–Kier alpha value is -4.64. The molecule has 3 aromatic carbocycles. The van der Waals surface area contributed by atoms with Gasteiger partial charge in [0.15, 0.2) is 5.69 Å². The van der Waals surface area contributed by atoms with Crippen molar-refractivity contribution in [2.75, 3.05) is 5.32 Å². The standard InChI is InChI=1S/C30H29F3N4O4/c1-29(2,3)41-28(40)34-18-19-9-7-14-23(15-19)37-24(17-25(36-37)30(31,32)33)27(39)35-22-13-8-12-21(16-22)26(38)20-10-5-4-6-11-20/h4-17,26,38H,18H2,1-3H3,(H,34,40)(H,35,39)/t26-/m0/s1. The second-order valence-electron chi connectivity index (χ2n) is 10.2. The fraction of sp³-hybridized carbons (Fsp3) is 0.233. The molecule has 0 spiro atoms.